The first kappa shape index (κ1) is 16.6. The molecule has 1 amide bonds. The van der Waals surface area contributed by atoms with Gasteiger partial charge in [0.1, 0.15) is 0 Å². The Morgan fingerprint density at radius 1 is 1.12 bits per heavy atom. The van der Waals surface area contributed by atoms with Crippen molar-refractivity contribution in [2.75, 3.05) is 6.54 Å². The Kier molecular flexibility index (Phi) is 3.51. The average molecular weight is 361 g/mol. The molecule has 2 atom stereocenters. The number of halogens is 2. The maximum absolute atomic E-state index is 13.4. The monoisotopic (exact) mass is 361 g/mol. The molecule has 6 rings (SSSR count). The molecule has 1 heterocycles. The number of nitrogens with zero attached hydrogens (tertiary/aromatic N) is 1. The first-order valence-electron chi connectivity index (χ1n) is 9.62. The molecule has 26 heavy (non-hydrogen) atoms. The Balaban J connectivity index is 1.25. The Labute approximate surface area is 152 Å². The number of amides is 1. The van der Waals surface area contributed by atoms with Gasteiger partial charge >= 0.3 is 0 Å². The van der Waals surface area contributed by atoms with E-state index in [2.05, 4.69) is 5.32 Å². The highest BCUT2D eigenvalue weighted by Gasteiger charge is 2.56. The Morgan fingerprint density at radius 2 is 1.69 bits per heavy atom. The summed E-state index contributed by atoms with van der Waals surface area (Å²) in [5.41, 5.74) is 7.96. The molecule has 4 bridgehead atoms. The molecule has 4 nitrogen and oxygen atoms in total. The number of rotatable bonds is 3. The smallest absolute Gasteiger partial charge is 0.237 e. The van der Waals surface area contributed by atoms with Crippen LogP contribution in [0.3, 0.4) is 0 Å². The maximum Gasteiger partial charge on any atom is 0.237 e. The van der Waals surface area contributed by atoms with Crippen LogP contribution in [0, 0.1) is 23.5 Å². The lowest BCUT2D eigenvalue weighted by Gasteiger charge is -2.61. The van der Waals surface area contributed by atoms with Gasteiger partial charge in [0.05, 0.1) is 6.54 Å². The summed E-state index contributed by atoms with van der Waals surface area (Å²) in [6.45, 7) is 0.979. The van der Waals surface area contributed by atoms with Gasteiger partial charge in [-0.25, -0.2) is 8.78 Å². The number of hydrogen-bond donors (Lipinski definition) is 2. The highest BCUT2D eigenvalue weighted by Crippen LogP contribution is 2.56. The molecule has 4 saturated carbocycles. The number of carbonyl (C=O) groups is 1. The molecule has 6 heteroatoms. The minimum Gasteiger partial charge on any atom is -0.333 e. The molecule has 4 fully saturated rings. The molecule has 0 spiro atoms. The van der Waals surface area contributed by atoms with Crippen LogP contribution in [0.1, 0.15) is 49.7 Å². The van der Waals surface area contributed by atoms with Crippen LogP contribution in [-0.4, -0.2) is 28.4 Å². The van der Waals surface area contributed by atoms with Crippen molar-refractivity contribution in [2.45, 2.75) is 62.7 Å². The Morgan fingerprint density at radius 3 is 2.23 bits per heavy atom. The van der Waals surface area contributed by atoms with Crippen molar-refractivity contribution in [3.8, 4) is 0 Å². The molecule has 1 aliphatic heterocycles. The van der Waals surface area contributed by atoms with Gasteiger partial charge in [0.2, 0.25) is 5.91 Å². The lowest BCUT2D eigenvalue weighted by Crippen LogP contribution is -2.68. The van der Waals surface area contributed by atoms with Crippen molar-refractivity contribution in [1.29, 1.82) is 0 Å². The zero-order valence-corrected chi connectivity index (χ0v) is 14.9. The molecule has 0 radical (unpaired) electrons. The maximum atomic E-state index is 13.4. The second kappa shape index (κ2) is 5.49. The summed E-state index contributed by atoms with van der Waals surface area (Å²) < 4.78 is 26.8. The SMILES string of the molecule is NC12CC3CC(C1)CC(NCC(=O)N1Cc4cc(F)c(F)cc4C1)(C3)C2. The predicted octanol–water partition coefficient (Wildman–Crippen LogP) is 2.45. The first-order chi connectivity index (χ1) is 12.3. The quantitative estimate of drug-likeness (QED) is 0.869. The second-order valence-corrected chi connectivity index (χ2v) is 9.24. The summed E-state index contributed by atoms with van der Waals surface area (Å²) in [5.74, 6) is -0.337. The second-order valence-electron chi connectivity index (χ2n) is 9.24. The standard InChI is InChI=1S/C20H25F2N3O/c21-16-2-14-9-25(10-15(14)3-17(16)22)18(26)8-24-20-6-12-1-13(7-20)5-19(23,4-12)11-20/h2-3,12-13,24H,1,4-11,23H2. The van der Waals surface area contributed by atoms with Crippen LogP contribution < -0.4 is 11.1 Å². The molecule has 5 aliphatic rings. The molecule has 1 aromatic rings. The van der Waals surface area contributed by atoms with Crippen LogP contribution in [0.4, 0.5) is 8.78 Å². The van der Waals surface area contributed by atoms with Gasteiger partial charge in [-0.1, -0.05) is 0 Å². The molecule has 3 N–H and O–H groups in total. The number of carbonyl (C=O) groups excluding carboxylic acids is 1. The van der Waals surface area contributed by atoms with Gasteiger partial charge in [0.25, 0.3) is 0 Å². The van der Waals surface area contributed by atoms with Gasteiger partial charge in [-0.3, -0.25) is 4.79 Å². The van der Waals surface area contributed by atoms with E-state index in [1.54, 1.807) is 4.90 Å². The number of nitrogens with one attached hydrogen (secondary N) is 1. The molecule has 140 valence electrons. The van der Waals surface area contributed by atoms with Crippen molar-refractivity contribution >= 4 is 5.91 Å². The molecule has 4 aliphatic carbocycles. The molecular formula is C20H25F2N3O. The highest BCUT2D eigenvalue weighted by molar-refractivity contribution is 5.79. The Bertz CT molecular complexity index is 736. The molecular weight excluding hydrogens is 336 g/mol. The number of hydrogen-bond acceptors (Lipinski definition) is 3. The van der Waals surface area contributed by atoms with Crippen LogP contribution >= 0.6 is 0 Å². The fraction of sp³-hybridized carbons (Fsp3) is 0.650. The summed E-state index contributed by atoms with van der Waals surface area (Å²) in [5, 5.41) is 3.56. The zero-order valence-electron chi connectivity index (χ0n) is 14.9. The minimum atomic E-state index is -0.849. The molecule has 2 unspecified atom stereocenters. The van der Waals surface area contributed by atoms with E-state index in [1.165, 1.54) is 18.6 Å². The largest absolute Gasteiger partial charge is 0.333 e. The highest BCUT2D eigenvalue weighted by atomic mass is 19.2. The minimum absolute atomic E-state index is 0.000709. The first-order valence-corrected chi connectivity index (χ1v) is 9.62. The molecule has 1 aromatic carbocycles. The summed E-state index contributed by atoms with van der Waals surface area (Å²) in [6, 6.07) is 2.42. The Hall–Kier alpha value is -1.53. The zero-order chi connectivity index (χ0) is 18.1. The number of benzene rings is 1. The van der Waals surface area contributed by atoms with Crippen LogP contribution in [0.15, 0.2) is 12.1 Å². The van der Waals surface area contributed by atoms with Crippen LogP contribution in [-0.2, 0) is 17.9 Å². The van der Waals surface area contributed by atoms with Crippen LogP contribution in [0.2, 0.25) is 0 Å². The lowest BCUT2D eigenvalue weighted by molar-refractivity contribution is -0.132. The van der Waals surface area contributed by atoms with Gasteiger partial charge in [0.15, 0.2) is 11.6 Å². The fourth-order valence-electron chi connectivity index (χ4n) is 6.48. The van der Waals surface area contributed by atoms with E-state index in [0.717, 1.165) is 32.1 Å². The van der Waals surface area contributed by atoms with Gasteiger partial charge in [0, 0.05) is 24.2 Å². The number of nitrogens with two attached hydrogens (primary N) is 1. The van der Waals surface area contributed by atoms with Crippen LogP contribution in [0.25, 0.3) is 0 Å². The van der Waals surface area contributed by atoms with Crippen LogP contribution in [0.5, 0.6) is 0 Å². The summed E-state index contributed by atoms with van der Waals surface area (Å²) in [7, 11) is 0. The third kappa shape index (κ3) is 2.65. The molecule has 0 aromatic heterocycles. The van der Waals surface area contributed by atoms with E-state index in [4.69, 9.17) is 5.73 Å². The van der Waals surface area contributed by atoms with Crippen molar-refractivity contribution in [3.63, 3.8) is 0 Å². The van der Waals surface area contributed by atoms with E-state index < -0.39 is 11.6 Å². The van der Waals surface area contributed by atoms with Crippen molar-refractivity contribution in [2.24, 2.45) is 17.6 Å². The summed E-state index contributed by atoms with van der Waals surface area (Å²) in [6.07, 6.45) is 6.73. The normalized spacial score (nSPS) is 37.3. The van der Waals surface area contributed by atoms with E-state index in [0.29, 0.717) is 36.1 Å². The van der Waals surface area contributed by atoms with E-state index in [-0.39, 0.29) is 23.5 Å². The van der Waals surface area contributed by atoms with E-state index in [1.807, 2.05) is 0 Å². The van der Waals surface area contributed by atoms with E-state index >= 15 is 0 Å². The van der Waals surface area contributed by atoms with E-state index in [9.17, 15) is 13.6 Å². The third-order valence-corrected chi connectivity index (χ3v) is 7.04. The summed E-state index contributed by atoms with van der Waals surface area (Å²) >= 11 is 0. The van der Waals surface area contributed by atoms with Gasteiger partial charge in [-0.05, 0) is 73.6 Å². The van der Waals surface area contributed by atoms with Crippen molar-refractivity contribution < 1.29 is 13.6 Å². The third-order valence-electron chi connectivity index (χ3n) is 7.04. The van der Waals surface area contributed by atoms with Gasteiger partial charge < -0.3 is 16.0 Å². The number of fused-ring (bicyclic) bond motifs is 1. The topological polar surface area (TPSA) is 58.4 Å². The van der Waals surface area contributed by atoms with Crippen molar-refractivity contribution in [3.05, 3.63) is 34.9 Å². The van der Waals surface area contributed by atoms with Crippen molar-refractivity contribution in [1.82, 2.24) is 10.2 Å². The fourth-order valence-corrected chi connectivity index (χ4v) is 6.48. The predicted molar refractivity (Wildman–Crippen MR) is 92.9 cm³/mol. The summed E-state index contributed by atoms with van der Waals surface area (Å²) in [4.78, 5) is 14.4. The van der Waals surface area contributed by atoms with Gasteiger partial charge in [-0.2, -0.15) is 0 Å². The van der Waals surface area contributed by atoms with Gasteiger partial charge in [-0.15, -0.1) is 0 Å². The lowest BCUT2D eigenvalue weighted by atomic mass is 9.50. The molecule has 0 saturated heterocycles. The average Bonchev–Trinajstić information content (AvgIpc) is 2.93.